The van der Waals surface area contributed by atoms with E-state index in [1.54, 1.807) is 7.11 Å². The Labute approximate surface area is 99.0 Å². The molecular weight excluding hydrogens is 200 g/mol. The van der Waals surface area contributed by atoms with Crippen LogP contribution in [0.1, 0.15) is 38.5 Å². The molecule has 4 atom stereocenters. The molecule has 0 aromatic carbocycles. The Kier molecular flexibility index (Phi) is 4.42. The third-order valence-corrected chi connectivity index (χ3v) is 4.36. The van der Waals surface area contributed by atoms with Crippen LogP contribution in [0.3, 0.4) is 0 Å². The Bertz CT molecular complexity index is 227. The van der Waals surface area contributed by atoms with E-state index >= 15 is 0 Å². The first-order valence-corrected chi connectivity index (χ1v) is 6.56. The Morgan fingerprint density at radius 2 is 1.88 bits per heavy atom. The number of rotatable bonds is 4. The average Bonchev–Trinajstić information content (AvgIpc) is 2.35. The van der Waals surface area contributed by atoms with Crippen molar-refractivity contribution in [3.8, 4) is 0 Å². The molecule has 0 heterocycles. The van der Waals surface area contributed by atoms with Crippen LogP contribution in [-0.4, -0.2) is 20.0 Å². The molecule has 4 unspecified atom stereocenters. The molecular formula is C14H24O2. The van der Waals surface area contributed by atoms with E-state index < -0.39 is 0 Å². The first-order chi connectivity index (χ1) is 7.83. The third-order valence-electron chi connectivity index (χ3n) is 4.36. The SMILES string of the molecule is C=CC1CCC2CC(OCOC)CCC2C1. The van der Waals surface area contributed by atoms with Gasteiger partial charge in [0.1, 0.15) is 6.79 Å². The molecule has 0 aliphatic heterocycles. The summed E-state index contributed by atoms with van der Waals surface area (Å²) in [4.78, 5) is 0. The van der Waals surface area contributed by atoms with Gasteiger partial charge in [-0.05, 0) is 56.3 Å². The van der Waals surface area contributed by atoms with Crippen molar-refractivity contribution >= 4 is 0 Å². The standard InChI is InChI=1S/C14H24O2/c1-3-11-4-5-13-9-14(16-10-15-2)7-6-12(13)8-11/h3,11-14H,1,4-10H2,2H3. The monoisotopic (exact) mass is 224 g/mol. The van der Waals surface area contributed by atoms with E-state index in [-0.39, 0.29) is 0 Å². The van der Waals surface area contributed by atoms with E-state index in [9.17, 15) is 0 Å². The number of fused-ring (bicyclic) bond motifs is 1. The van der Waals surface area contributed by atoms with Crippen molar-refractivity contribution in [2.45, 2.75) is 44.6 Å². The molecule has 2 aliphatic rings. The molecule has 92 valence electrons. The van der Waals surface area contributed by atoms with Crippen molar-refractivity contribution < 1.29 is 9.47 Å². The zero-order valence-electron chi connectivity index (χ0n) is 10.4. The molecule has 0 radical (unpaired) electrons. The molecule has 2 aliphatic carbocycles. The van der Waals surface area contributed by atoms with E-state index in [2.05, 4.69) is 12.7 Å². The van der Waals surface area contributed by atoms with Gasteiger partial charge in [-0.3, -0.25) is 0 Å². The summed E-state index contributed by atoms with van der Waals surface area (Å²) in [6.45, 7) is 4.39. The fraction of sp³-hybridized carbons (Fsp3) is 0.857. The highest BCUT2D eigenvalue weighted by atomic mass is 16.7. The molecule has 0 saturated heterocycles. The Hall–Kier alpha value is -0.340. The highest BCUT2D eigenvalue weighted by Crippen LogP contribution is 2.43. The maximum Gasteiger partial charge on any atom is 0.146 e. The predicted molar refractivity (Wildman–Crippen MR) is 65.1 cm³/mol. The van der Waals surface area contributed by atoms with Gasteiger partial charge < -0.3 is 9.47 Å². The summed E-state index contributed by atoms with van der Waals surface area (Å²) in [5, 5.41) is 0. The molecule has 0 aromatic rings. The van der Waals surface area contributed by atoms with E-state index in [0.717, 1.165) is 17.8 Å². The van der Waals surface area contributed by atoms with E-state index in [0.29, 0.717) is 12.9 Å². The number of methoxy groups -OCH3 is 1. The van der Waals surface area contributed by atoms with Crippen LogP contribution in [0.4, 0.5) is 0 Å². The van der Waals surface area contributed by atoms with E-state index in [4.69, 9.17) is 9.47 Å². The topological polar surface area (TPSA) is 18.5 Å². The molecule has 2 saturated carbocycles. The molecule has 2 nitrogen and oxygen atoms in total. The number of ether oxygens (including phenoxy) is 2. The fourth-order valence-corrected chi connectivity index (χ4v) is 3.41. The van der Waals surface area contributed by atoms with Crippen LogP contribution in [0.25, 0.3) is 0 Å². The lowest BCUT2D eigenvalue weighted by atomic mass is 9.67. The quantitative estimate of drug-likeness (QED) is 0.538. The molecule has 0 N–H and O–H groups in total. The molecule has 0 aromatic heterocycles. The van der Waals surface area contributed by atoms with Crippen molar-refractivity contribution in [1.82, 2.24) is 0 Å². The van der Waals surface area contributed by atoms with Gasteiger partial charge in [-0.1, -0.05) is 6.08 Å². The van der Waals surface area contributed by atoms with Gasteiger partial charge >= 0.3 is 0 Å². The van der Waals surface area contributed by atoms with Gasteiger partial charge in [0.05, 0.1) is 6.10 Å². The predicted octanol–water partition coefficient (Wildman–Crippen LogP) is 3.38. The van der Waals surface area contributed by atoms with Gasteiger partial charge in [-0.25, -0.2) is 0 Å². The normalized spacial score (nSPS) is 39.1. The Morgan fingerprint density at radius 3 is 2.62 bits per heavy atom. The van der Waals surface area contributed by atoms with Gasteiger partial charge in [0.15, 0.2) is 0 Å². The molecule has 16 heavy (non-hydrogen) atoms. The number of hydrogen-bond acceptors (Lipinski definition) is 2. The van der Waals surface area contributed by atoms with Gasteiger partial charge in [0, 0.05) is 7.11 Å². The van der Waals surface area contributed by atoms with Crippen LogP contribution in [0.2, 0.25) is 0 Å². The number of allylic oxidation sites excluding steroid dienone is 1. The number of hydrogen-bond donors (Lipinski definition) is 0. The van der Waals surface area contributed by atoms with Crippen LogP contribution < -0.4 is 0 Å². The zero-order chi connectivity index (χ0) is 11.4. The van der Waals surface area contributed by atoms with Crippen LogP contribution in [-0.2, 0) is 9.47 Å². The van der Waals surface area contributed by atoms with Crippen molar-refractivity contribution in [2.24, 2.45) is 17.8 Å². The minimum Gasteiger partial charge on any atom is -0.359 e. The van der Waals surface area contributed by atoms with Gasteiger partial charge in [0.25, 0.3) is 0 Å². The maximum absolute atomic E-state index is 5.69. The van der Waals surface area contributed by atoms with Crippen molar-refractivity contribution in [2.75, 3.05) is 13.9 Å². The van der Waals surface area contributed by atoms with Crippen LogP contribution in [0.5, 0.6) is 0 Å². The van der Waals surface area contributed by atoms with E-state index in [1.165, 1.54) is 38.5 Å². The highest BCUT2D eigenvalue weighted by Gasteiger charge is 2.34. The summed E-state index contributed by atoms with van der Waals surface area (Å²) >= 11 is 0. The second-order valence-corrected chi connectivity index (χ2v) is 5.34. The maximum atomic E-state index is 5.69. The smallest absolute Gasteiger partial charge is 0.146 e. The second kappa shape index (κ2) is 5.83. The second-order valence-electron chi connectivity index (χ2n) is 5.34. The summed E-state index contributed by atoms with van der Waals surface area (Å²) in [7, 11) is 1.70. The van der Waals surface area contributed by atoms with Crippen LogP contribution in [0.15, 0.2) is 12.7 Å². The van der Waals surface area contributed by atoms with Crippen molar-refractivity contribution in [1.29, 1.82) is 0 Å². The van der Waals surface area contributed by atoms with Crippen molar-refractivity contribution in [3.63, 3.8) is 0 Å². The van der Waals surface area contributed by atoms with Crippen LogP contribution in [0, 0.1) is 17.8 Å². The zero-order valence-corrected chi connectivity index (χ0v) is 10.4. The molecule has 2 heteroatoms. The summed E-state index contributed by atoms with van der Waals surface area (Å²) in [6, 6.07) is 0. The summed E-state index contributed by atoms with van der Waals surface area (Å²) in [5.74, 6) is 2.60. The molecule has 0 spiro atoms. The van der Waals surface area contributed by atoms with Crippen molar-refractivity contribution in [3.05, 3.63) is 12.7 Å². The molecule has 2 fully saturated rings. The third kappa shape index (κ3) is 2.86. The summed E-state index contributed by atoms with van der Waals surface area (Å²) in [5.41, 5.74) is 0. The Balaban J connectivity index is 1.80. The summed E-state index contributed by atoms with van der Waals surface area (Å²) < 4.78 is 10.7. The lowest BCUT2D eigenvalue weighted by Crippen LogP contribution is -2.34. The Morgan fingerprint density at radius 1 is 1.12 bits per heavy atom. The molecule has 0 bridgehead atoms. The summed E-state index contributed by atoms with van der Waals surface area (Å²) in [6.07, 6.45) is 10.5. The lowest BCUT2D eigenvalue weighted by Gasteiger charge is -2.41. The minimum atomic E-state index is 0.446. The fourth-order valence-electron chi connectivity index (χ4n) is 3.41. The first kappa shape index (κ1) is 12.1. The minimum absolute atomic E-state index is 0.446. The van der Waals surface area contributed by atoms with Gasteiger partial charge in [-0.2, -0.15) is 0 Å². The van der Waals surface area contributed by atoms with Gasteiger partial charge in [-0.15, -0.1) is 6.58 Å². The van der Waals surface area contributed by atoms with Gasteiger partial charge in [0.2, 0.25) is 0 Å². The molecule has 2 rings (SSSR count). The molecule has 0 amide bonds. The largest absolute Gasteiger partial charge is 0.359 e. The highest BCUT2D eigenvalue weighted by molar-refractivity contribution is 4.91. The first-order valence-electron chi connectivity index (χ1n) is 6.56. The van der Waals surface area contributed by atoms with Crippen LogP contribution >= 0.6 is 0 Å². The lowest BCUT2D eigenvalue weighted by molar-refractivity contribution is -0.0984. The van der Waals surface area contributed by atoms with E-state index in [1.807, 2.05) is 0 Å². The average molecular weight is 224 g/mol.